The van der Waals surface area contributed by atoms with Crippen LogP contribution >= 0.6 is 0 Å². The number of nitro benzene ring substituents is 1. The lowest BCUT2D eigenvalue weighted by molar-refractivity contribution is -0.384. The van der Waals surface area contributed by atoms with Gasteiger partial charge in [0.15, 0.2) is 0 Å². The quantitative estimate of drug-likeness (QED) is 0.565. The highest BCUT2D eigenvalue weighted by atomic mass is 16.6. The molecule has 2 aromatic carbocycles. The molecule has 2 aliphatic rings. The van der Waals surface area contributed by atoms with Crippen LogP contribution in [0.4, 0.5) is 22.7 Å². The highest BCUT2D eigenvalue weighted by Gasteiger charge is 2.28. The zero-order chi connectivity index (χ0) is 22.7. The molecule has 1 fully saturated rings. The van der Waals surface area contributed by atoms with Crippen molar-refractivity contribution in [1.82, 2.24) is 4.90 Å². The Morgan fingerprint density at radius 1 is 0.969 bits per heavy atom. The highest BCUT2D eigenvalue weighted by molar-refractivity contribution is 6.10. The van der Waals surface area contributed by atoms with Crippen molar-refractivity contribution in [3.05, 3.63) is 58.6 Å². The minimum atomic E-state index is -0.426. The molecule has 0 aliphatic carbocycles. The SMILES string of the molecule is O=C1CN(C(=O)CCC(=O)N2CCN(c3cccc([N+](=O)[O-])c3)CC2)c2ccccc2N1. The van der Waals surface area contributed by atoms with Crippen molar-refractivity contribution in [3.8, 4) is 0 Å². The molecule has 0 saturated carbocycles. The molecule has 10 heteroatoms. The fraction of sp³-hybridized carbons (Fsp3) is 0.318. The Morgan fingerprint density at radius 3 is 2.44 bits per heavy atom. The number of fused-ring (bicyclic) bond motifs is 1. The number of benzene rings is 2. The first-order valence-corrected chi connectivity index (χ1v) is 10.4. The molecule has 0 aromatic heterocycles. The molecule has 1 saturated heterocycles. The Hall–Kier alpha value is -3.95. The summed E-state index contributed by atoms with van der Waals surface area (Å²) in [6.07, 6.45) is 0.0848. The zero-order valence-electron chi connectivity index (χ0n) is 17.4. The third-order valence-electron chi connectivity index (χ3n) is 5.66. The van der Waals surface area contributed by atoms with Crippen LogP contribution < -0.4 is 15.1 Å². The summed E-state index contributed by atoms with van der Waals surface area (Å²) in [5, 5.41) is 13.7. The monoisotopic (exact) mass is 437 g/mol. The Morgan fingerprint density at radius 2 is 1.69 bits per heavy atom. The van der Waals surface area contributed by atoms with E-state index >= 15 is 0 Å². The molecule has 1 N–H and O–H groups in total. The van der Waals surface area contributed by atoms with Crippen molar-refractivity contribution in [2.24, 2.45) is 0 Å². The van der Waals surface area contributed by atoms with E-state index in [1.165, 1.54) is 17.0 Å². The molecule has 2 aromatic rings. The van der Waals surface area contributed by atoms with Gasteiger partial charge in [0.2, 0.25) is 17.7 Å². The first-order valence-electron chi connectivity index (χ1n) is 10.4. The van der Waals surface area contributed by atoms with Crippen LogP contribution in [0.15, 0.2) is 48.5 Å². The fourth-order valence-electron chi connectivity index (χ4n) is 3.98. The number of anilines is 3. The minimum Gasteiger partial charge on any atom is -0.368 e. The van der Waals surface area contributed by atoms with Crippen LogP contribution in [0.3, 0.4) is 0 Å². The number of hydrogen-bond donors (Lipinski definition) is 1. The van der Waals surface area contributed by atoms with E-state index in [1.807, 2.05) is 11.0 Å². The summed E-state index contributed by atoms with van der Waals surface area (Å²) in [6, 6.07) is 13.5. The number of hydrogen-bond acceptors (Lipinski definition) is 6. The smallest absolute Gasteiger partial charge is 0.271 e. The van der Waals surface area contributed by atoms with Crippen molar-refractivity contribution in [2.75, 3.05) is 47.8 Å². The summed E-state index contributed by atoms with van der Waals surface area (Å²) in [6.45, 7) is 2.00. The van der Waals surface area contributed by atoms with Crippen LogP contribution in [0.25, 0.3) is 0 Å². The van der Waals surface area contributed by atoms with E-state index in [9.17, 15) is 24.5 Å². The van der Waals surface area contributed by atoms with E-state index in [2.05, 4.69) is 5.32 Å². The number of nitro groups is 1. The first-order chi connectivity index (χ1) is 15.4. The minimum absolute atomic E-state index is 0.0194. The number of rotatable bonds is 5. The number of non-ortho nitro benzene ring substituents is 1. The summed E-state index contributed by atoms with van der Waals surface area (Å²) in [5.41, 5.74) is 2.01. The molecule has 0 spiro atoms. The van der Waals surface area contributed by atoms with Gasteiger partial charge in [-0.15, -0.1) is 0 Å². The standard InChI is InChI=1S/C22H23N5O5/c28-20-15-26(19-7-2-1-6-18(19)23-20)22(30)9-8-21(29)25-12-10-24(11-13-25)16-4-3-5-17(14-16)27(31)32/h1-7,14H,8-13,15H2,(H,23,28). The van der Waals surface area contributed by atoms with E-state index in [4.69, 9.17) is 0 Å². The second-order valence-corrected chi connectivity index (χ2v) is 7.69. The average molecular weight is 437 g/mol. The van der Waals surface area contributed by atoms with E-state index < -0.39 is 4.92 Å². The Kier molecular flexibility index (Phi) is 6.02. The van der Waals surface area contributed by atoms with Gasteiger partial charge in [0.05, 0.1) is 16.3 Å². The normalized spacial score (nSPS) is 15.8. The van der Waals surface area contributed by atoms with Gasteiger partial charge >= 0.3 is 0 Å². The first kappa shape index (κ1) is 21.3. The second kappa shape index (κ2) is 9.04. The van der Waals surface area contributed by atoms with E-state index in [-0.39, 0.29) is 42.8 Å². The summed E-state index contributed by atoms with van der Waals surface area (Å²) in [7, 11) is 0. The maximum atomic E-state index is 12.7. The Balaban J connectivity index is 1.30. The predicted molar refractivity (Wildman–Crippen MR) is 119 cm³/mol. The number of amides is 3. The molecular formula is C22H23N5O5. The van der Waals surface area contributed by atoms with E-state index in [1.54, 1.807) is 35.2 Å². The summed E-state index contributed by atoms with van der Waals surface area (Å²) < 4.78 is 0. The lowest BCUT2D eigenvalue weighted by atomic mass is 10.1. The molecule has 0 bridgehead atoms. The van der Waals surface area contributed by atoms with Crippen LogP contribution in [0.1, 0.15) is 12.8 Å². The van der Waals surface area contributed by atoms with Crippen LogP contribution in [0, 0.1) is 10.1 Å². The van der Waals surface area contributed by atoms with Gasteiger partial charge in [0.1, 0.15) is 6.54 Å². The maximum absolute atomic E-state index is 12.7. The lowest BCUT2D eigenvalue weighted by Gasteiger charge is -2.36. The summed E-state index contributed by atoms with van der Waals surface area (Å²) >= 11 is 0. The van der Waals surface area contributed by atoms with Gasteiger partial charge in [-0.2, -0.15) is 0 Å². The van der Waals surface area contributed by atoms with Gasteiger partial charge in [0, 0.05) is 56.8 Å². The Labute approximate surface area is 184 Å². The predicted octanol–water partition coefficient (Wildman–Crippen LogP) is 2.01. The average Bonchev–Trinajstić information content (AvgIpc) is 2.82. The number of para-hydroxylation sites is 2. The van der Waals surface area contributed by atoms with Gasteiger partial charge in [-0.3, -0.25) is 24.5 Å². The topological polar surface area (TPSA) is 116 Å². The maximum Gasteiger partial charge on any atom is 0.271 e. The third-order valence-corrected chi connectivity index (χ3v) is 5.66. The largest absolute Gasteiger partial charge is 0.368 e. The molecule has 0 unspecified atom stereocenters. The van der Waals surface area contributed by atoms with Crippen molar-refractivity contribution in [1.29, 1.82) is 0 Å². The van der Waals surface area contributed by atoms with Crippen LogP contribution in [0.2, 0.25) is 0 Å². The molecule has 32 heavy (non-hydrogen) atoms. The van der Waals surface area contributed by atoms with Gasteiger partial charge in [-0.1, -0.05) is 18.2 Å². The summed E-state index contributed by atoms with van der Waals surface area (Å²) in [5.74, 6) is -0.650. The van der Waals surface area contributed by atoms with Crippen LogP contribution in [-0.2, 0) is 14.4 Å². The van der Waals surface area contributed by atoms with Crippen LogP contribution in [0.5, 0.6) is 0 Å². The van der Waals surface area contributed by atoms with Gasteiger partial charge in [-0.05, 0) is 18.2 Å². The molecule has 2 heterocycles. The molecule has 4 rings (SSSR count). The number of nitrogens with zero attached hydrogens (tertiary/aromatic N) is 4. The van der Waals surface area contributed by atoms with Gasteiger partial charge < -0.3 is 20.0 Å². The lowest BCUT2D eigenvalue weighted by Crippen LogP contribution is -2.49. The van der Waals surface area contributed by atoms with Crippen LogP contribution in [-0.4, -0.2) is 60.3 Å². The molecule has 10 nitrogen and oxygen atoms in total. The summed E-state index contributed by atoms with van der Waals surface area (Å²) in [4.78, 5) is 53.0. The second-order valence-electron chi connectivity index (χ2n) is 7.69. The Bertz CT molecular complexity index is 1060. The number of carbonyl (C=O) groups excluding carboxylic acids is 3. The van der Waals surface area contributed by atoms with Crippen molar-refractivity contribution in [3.63, 3.8) is 0 Å². The number of nitrogens with one attached hydrogen (secondary N) is 1. The van der Waals surface area contributed by atoms with Crippen molar-refractivity contribution < 1.29 is 19.3 Å². The molecule has 0 atom stereocenters. The fourth-order valence-corrected chi connectivity index (χ4v) is 3.98. The molecular weight excluding hydrogens is 414 g/mol. The number of carbonyl (C=O) groups is 3. The van der Waals surface area contributed by atoms with Crippen molar-refractivity contribution in [2.45, 2.75) is 12.8 Å². The van der Waals surface area contributed by atoms with E-state index in [0.29, 0.717) is 37.6 Å². The third kappa shape index (κ3) is 4.53. The van der Waals surface area contributed by atoms with Crippen molar-refractivity contribution >= 4 is 40.5 Å². The number of piperazine rings is 1. The molecule has 3 amide bonds. The molecule has 166 valence electrons. The molecule has 0 radical (unpaired) electrons. The van der Waals surface area contributed by atoms with Gasteiger partial charge in [0.25, 0.3) is 5.69 Å². The van der Waals surface area contributed by atoms with Gasteiger partial charge in [-0.25, -0.2) is 0 Å². The zero-order valence-corrected chi connectivity index (χ0v) is 17.4. The van der Waals surface area contributed by atoms with E-state index in [0.717, 1.165) is 5.69 Å². The highest BCUT2D eigenvalue weighted by Crippen LogP contribution is 2.29. The molecule has 2 aliphatic heterocycles.